The molecule has 2 aromatic carbocycles. The van der Waals surface area contributed by atoms with Crippen molar-refractivity contribution in [1.29, 1.82) is 0 Å². The molecule has 0 radical (unpaired) electrons. The number of hydrogen-bond donors (Lipinski definition) is 1. The van der Waals surface area contributed by atoms with Gasteiger partial charge in [0.05, 0.1) is 12.0 Å². The van der Waals surface area contributed by atoms with E-state index in [1.165, 1.54) is 23.9 Å². The number of ether oxygens (including phenoxy) is 1. The normalized spacial score (nSPS) is 15.9. The zero-order valence-electron chi connectivity index (χ0n) is 12.6. The predicted octanol–water partition coefficient (Wildman–Crippen LogP) is 2.96. The van der Waals surface area contributed by atoms with Crippen LogP contribution in [0.15, 0.2) is 58.7 Å². The van der Waals surface area contributed by atoms with Crippen LogP contribution in [0, 0.1) is 5.82 Å². The quantitative estimate of drug-likeness (QED) is 0.671. The first-order valence-electron chi connectivity index (χ1n) is 7.20. The van der Waals surface area contributed by atoms with Crippen molar-refractivity contribution in [1.82, 2.24) is 5.32 Å². The summed E-state index contributed by atoms with van der Waals surface area (Å²) in [5.41, 5.74) is 1.84. The summed E-state index contributed by atoms with van der Waals surface area (Å²) >= 11 is 1.33. The van der Waals surface area contributed by atoms with Gasteiger partial charge in [-0.15, -0.1) is 5.10 Å². The van der Waals surface area contributed by atoms with E-state index in [0.717, 1.165) is 11.1 Å². The van der Waals surface area contributed by atoms with Crippen molar-refractivity contribution in [2.75, 3.05) is 5.75 Å². The maximum absolute atomic E-state index is 13.1. The number of hydrogen-bond acceptors (Lipinski definition) is 5. The number of nitrogens with one attached hydrogen (secondary N) is 1. The highest BCUT2D eigenvalue weighted by atomic mass is 32.2. The van der Waals surface area contributed by atoms with Crippen molar-refractivity contribution in [3.63, 3.8) is 0 Å². The monoisotopic (exact) mass is 343 g/mol. The van der Waals surface area contributed by atoms with Crippen LogP contribution < -0.4 is 10.1 Å². The summed E-state index contributed by atoms with van der Waals surface area (Å²) in [5.74, 6) is 0.496. The molecule has 7 heteroatoms. The molecule has 0 atom stereocenters. The molecular formula is C17H14FN3O2S. The van der Waals surface area contributed by atoms with E-state index in [2.05, 4.69) is 15.5 Å². The molecule has 0 aromatic heterocycles. The summed E-state index contributed by atoms with van der Waals surface area (Å²) in [5, 5.41) is 11.0. The average molecular weight is 343 g/mol. The summed E-state index contributed by atoms with van der Waals surface area (Å²) in [6.07, 6.45) is 1.61. The van der Waals surface area contributed by atoms with Crippen LogP contribution in [-0.2, 0) is 11.4 Å². The van der Waals surface area contributed by atoms with E-state index < -0.39 is 0 Å². The lowest BCUT2D eigenvalue weighted by Crippen LogP contribution is -2.19. The van der Waals surface area contributed by atoms with Crippen LogP contribution in [0.2, 0.25) is 0 Å². The molecule has 2 aromatic rings. The Hall–Kier alpha value is -2.67. The van der Waals surface area contributed by atoms with Gasteiger partial charge < -0.3 is 10.1 Å². The van der Waals surface area contributed by atoms with Gasteiger partial charge in [0.15, 0.2) is 5.17 Å². The highest BCUT2D eigenvalue weighted by Gasteiger charge is 2.15. The first-order chi connectivity index (χ1) is 11.7. The minimum atomic E-state index is -0.322. The minimum Gasteiger partial charge on any atom is -0.489 e. The number of thioether (sulfide) groups is 1. The average Bonchev–Trinajstić information content (AvgIpc) is 3.00. The smallest absolute Gasteiger partial charge is 0.236 e. The number of carbonyl (C=O) groups excluding carboxylic acids is 1. The molecule has 3 rings (SSSR count). The van der Waals surface area contributed by atoms with Gasteiger partial charge in [-0.2, -0.15) is 5.10 Å². The molecule has 1 fully saturated rings. The molecule has 0 saturated carbocycles. The third kappa shape index (κ3) is 4.66. The van der Waals surface area contributed by atoms with Crippen molar-refractivity contribution in [2.45, 2.75) is 6.61 Å². The number of amides is 1. The van der Waals surface area contributed by atoms with Crippen molar-refractivity contribution in [2.24, 2.45) is 10.2 Å². The van der Waals surface area contributed by atoms with Gasteiger partial charge >= 0.3 is 0 Å². The fourth-order valence-electron chi connectivity index (χ4n) is 1.95. The number of halogens is 1. The number of benzene rings is 2. The fraction of sp³-hybridized carbons (Fsp3) is 0.118. The highest BCUT2D eigenvalue weighted by Crippen LogP contribution is 2.14. The van der Waals surface area contributed by atoms with Gasteiger partial charge in [0.2, 0.25) is 5.91 Å². The summed E-state index contributed by atoms with van der Waals surface area (Å²) in [7, 11) is 0. The lowest BCUT2D eigenvalue weighted by Gasteiger charge is -2.06. The number of rotatable bonds is 5. The molecule has 122 valence electrons. The van der Waals surface area contributed by atoms with E-state index >= 15 is 0 Å². The largest absolute Gasteiger partial charge is 0.489 e. The van der Waals surface area contributed by atoms with Crippen LogP contribution in [-0.4, -0.2) is 23.0 Å². The van der Waals surface area contributed by atoms with Crippen molar-refractivity contribution in [3.8, 4) is 5.75 Å². The Bertz CT molecular complexity index is 791. The molecule has 1 saturated heterocycles. The molecule has 1 aliphatic rings. The van der Waals surface area contributed by atoms with E-state index in [-0.39, 0.29) is 11.7 Å². The third-order valence-corrected chi connectivity index (χ3v) is 3.99. The van der Waals surface area contributed by atoms with Crippen LogP contribution in [0.5, 0.6) is 5.75 Å². The Labute approximate surface area is 142 Å². The minimum absolute atomic E-state index is 0.0587. The summed E-state index contributed by atoms with van der Waals surface area (Å²) in [6.45, 7) is 0.353. The first-order valence-corrected chi connectivity index (χ1v) is 8.18. The van der Waals surface area contributed by atoms with Crippen LogP contribution >= 0.6 is 11.8 Å². The van der Waals surface area contributed by atoms with E-state index in [4.69, 9.17) is 4.74 Å². The van der Waals surface area contributed by atoms with E-state index in [1.54, 1.807) is 18.3 Å². The summed E-state index contributed by atoms with van der Waals surface area (Å²) in [6, 6.07) is 13.6. The predicted molar refractivity (Wildman–Crippen MR) is 92.8 cm³/mol. The third-order valence-electron chi connectivity index (χ3n) is 3.12. The fourth-order valence-corrected chi connectivity index (χ4v) is 2.58. The second-order valence-corrected chi connectivity index (χ2v) is 5.94. The molecule has 1 amide bonds. The van der Waals surface area contributed by atoms with Gasteiger partial charge in [-0.05, 0) is 23.3 Å². The van der Waals surface area contributed by atoms with E-state index in [0.29, 0.717) is 23.3 Å². The molecule has 0 aliphatic carbocycles. The standard InChI is InChI=1S/C17H14FN3O2S/c18-14-2-1-3-15(8-14)23-10-13-6-4-12(5-7-13)9-19-21-17-20-16(22)11-24-17/h1-9H,10-11H2,(H,20,21,22). The molecule has 0 spiro atoms. The van der Waals surface area contributed by atoms with Gasteiger partial charge in [-0.25, -0.2) is 4.39 Å². The molecule has 1 aliphatic heterocycles. The molecular weight excluding hydrogens is 329 g/mol. The topological polar surface area (TPSA) is 63.0 Å². The Kier molecular flexibility index (Phi) is 5.22. The number of carbonyl (C=O) groups is 1. The second kappa shape index (κ2) is 7.74. The zero-order valence-corrected chi connectivity index (χ0v) is 13.4. The molecule has 1 heterocycles. The van der Waals surface area contributed by atoms with E-state index in [1.807, 2.05) is 24.3 Å². The van der Waals surface area contributed by atoms with Gasteiger partial charge in [-0.3, -0.25) is 4.79 Å². The molecule has 0 bridgehead atoms. The summed E-state index contributed by atoms with van der Waals surface area (Å²) < 4.78 is 18.6. The van der Waals surface area contributed by atoms with Crippen molar-refractivity contribution in [3.05, 3.63) is 65.5 Å². The Morgan fingerprint density at radius 2 is 2.08 bits per heavy atom. The Morgan fingerprint density at radius 3 is 2.79 bits per heavy atom. The van der Waals surface area contributed by atoms with E-state index in [9.17, 15) is 9.18 Å². The lowest BCUT2D eigenvalue weighted by atomic mass is 10.1. The van der Waals surface area contributed by atoms with Gasteiger partial charge in [0.1, 0.15) is 18.2 Å². The van der Waals surface area contributed by atoms with Crippen molar-refractivity contribution >= 4 is 29.1 Å². The number of nitrogens with zero attached hydrogens (tertiary/aromatic N) is 2. The summed E-state index contributed by atoms with van der Waals surface area (Å²) in [4.78, 5) is 11.0. The molecule has 0 unspecified atom stereocenters. The second-order valence-electron chi connectivity index (χ2n) is 4.97. The van der Waals surface area contributed by atoms with Crippen LogP contribution in [0.25, 0.3) is 0 Å². The van der Waals surface area contributed by atoms with Gasteiger partial charge in [-0.1, -0.05) is 42.1 Å². The highest BCUT2D eigenvalue weighted by molar-refractivity contribution is 8.15. The van der Waals surface area contributed by atoms with Crippen molar-refractivity contribution < 1.29 is 13.9 Å². The maximum atomic E-state index is 13.1. The van der Waals surface area contributed by atoms with Gasteiger partial charge in [0.25, 0.3) is 0 Å². The molecule has 5 nitrogen and oxygen atoms in total. The Balaban J connectivity index is 1.54. The van der Waals surface area contributed by atoms with Crippen LogP contribution in [0.4, 0.5) is 4.39 Å². The molecule has 24 heavy (non-hydrogen) atoms. The van der Waals surface area contributed by atoms with Crippen LogP contribution in [0.3, 0.4) is 0 Å². The first kappa shape index (κ1) is 16.2. The SMILES string of the molecule is O=C1CSC(=NN=Cc2ccc(COc3cccc(F)c3)cc2)N1. The zero-order chi connectivity index (χ0) is 16.8. The Morgan fingerprint density at radius 1 is 1.25 bits per heavy atom. The lowest BCUT2D eigenvalue weighted by molar-refractivity contribution is -0.116. The number of amidine groups is 1. The maximum Gasteiger partial charge on any atom is 0.236 e. The molecule has 1 N–H and O–H groups in total. The van der Waals surface area contributed by atoms with Crippen LogP contribution in [0.1, 0.15) is 11.1 Å². The van der Waals surface area contributed by atoms with Gasteiger partial charge in [0, 0.05) is 6.07 Å².